The molecule has 2 atom stereocenters. The Bertz CT molecular complexity index is 439. The number of benzene rings is 1. The molecule has 0 radical (unpaired) electrons. The van der Waals surface area contributed by atoms with E-state index in [4.69, 9.17) is 4.74 Å². The Labute approximate surface area is 115 Å². The summed E-state index contributed by atoms with van der Waals surface area (Å²) in [5, 5.41) is 0. The van der Waals surface area contributed by atoms with Crippen molar-refractivity contribution in [2.75, 3.05) is 27.2 Å². The molecule has 1 heterocycles. The molecule has 0 saturated carbocycles. The number of nitrogens with zero attached hydrogens (tertiary/aromatic N) is 1. The van der Waals surface area contributed by atoms with Gasteiger partial charge in [0.1, 0.15) is 0 Å². The van der Waals surface area contributed by atoms with E-state index < -0.39 is 0 Å². The number of carbonyl (C=O) groups is 1. The van der Waals surface area contributed by atoms with E-state index in [0.29, 0.717) is 5.92 Å². The maximum absolute atomic E-state index is 11.9. The first kappa shape index (κ1) is 14.1. The van der Waals surface area contributed by atoms with Gasteiger partial charge in [0, 0.05) is 19.0 Å². The molecule has 0 N–H and O–H groups in total. The van der Waals surface area contributed by atoms with Crippen molar-refractivity contribution >= 4 is 5.97 Å². The summed E-state index contributed by atoms with van der Waals surface area (Å²) in [5.74, 6) is 0.651. The quantitative estimate of drug-likeness (QED) is 0.783. The highest BCUT2D eigenvalue weighted by Crippen LogP contribution is 2.33. The van der Waals surface area contributed by atoms with E-state index in [1.807, 2.05) is 0 Å². The summed E-state index contributed by atoms with van der Waals surface area (Å²) in [7, 11) is 3.53. The number of ether oxygens (including phenoxy) is 1. The van der Waals surface area contributed by atoms with E-state index in [1.165, 1.54) is 18.2 Å². The van der Waals surface area contributed by atoms with Gasteiger partial charge < -0.3 is 9.64 Å². The van der Waals surface area contributed by atoms with Crippen LogP contribution in [-0.4, -0.2) is 38.1 Å². The average Bonchev–Trinajstić information content (AvgIpc) is 2.80. The van der Waals surface area contributed by atoms with E-state index in [1.54, 1.807) is 0 Å². The fraction of sp³-hybridized carbons (Fsp3) is 0.562. The summed E-state index contributed by atoms with van der Waals surface area (Å²) < 4.78 is 4.93. The zero-order chi connectivity index (χ0) is 14.0. The van der Waals surface area contributed by atoms with E-state index in [-0.39, 0.29) is 17.8 Å². The lowest BCUT2D eigenvalue weighted by atomic mass is 9.88. The van der Waals surface area contributed by atoms with Gasteiger partial charge >= 0.3 is 5.97 Å². The molecule has 3 nitrogen and oxygen atoms in total. The largest absolute Gasteiger partial charge is 0.469 e. The SMILES string of the molecule is COC(=O)C1CN(C)CC1c1ccc(C(C)C)cc1. The van der Waals surface area contributed by atoms with Gasteiger partial charge in [-0.15, -0.1) is 0 Å². The van der Waals surface area contributed by atoms with Crippen LogP contribution < -0.4 is 0 Å². The van der Waals surface area contributed by atoms with E-state index in [2.05, 4.69) is 50.1 Å². The Kier molecular flexibility index (Phi) is 4.25. The molecule has 0 aliphatic carbocycles. The molecule has 19 heavy (non-hydrogen) atoms. The van der Waals surface area contributed by atoms with Gasteiger partial charge in [-0.3, -0.25) is 4.79 Å². The Hall–Kier alpha value is -1.35. The minimum Gasteiger partial charge on any atom is -0.469 e. The predicted molar refractivity (Wildman–Crippen MR) is 76.3 cm³/mol. The van der Waals surface area contributed by atoms with Crippen molar-refractivity contribution < 1.29 is 9.53 Å². The number of rotatable bonds is 3. The molecule has 2 rings (SSSR count). The van der Waals surface area contributed by atoms with Crippen LogP contribution in [0.2, 0.25) is 0 Å². The average molecular weight is 261 g/mol. The van der Waals surface area contributed by atoms with Crippen molar-refractivity contribution in [2.45, 2.75) is 25.7 Å². The number of carbonyl (C=O) groups excluding carboxylic acids is 1. The van der Waals surface area contributed by atoms with E-state index in [9.17, 15) is 4.79 Å². The van der Waals surface area contributed by atoms with Gasteiger partial charge in [-0.2, -0.15) is 0 Å². The second kappa shape index (κ2) is 5.74. The first-order valence-electron chi connectivity index (χ1n) is 6.89. The molecule has 1 aromatic rings. The van der Waals surface area contributed by atoms with Crippen LogP contribution >= 0.6 is 0 Å². The van der Waals surface area contributed by atoms with E-state index in [0.717, 1.165) is 13.1 Å². The number of likely N-dealkylation sites (tertiary alicyclic amines) is 1. The smallest absolute Gasteiger partial charge is 0.310 e. The van der Waals surface area contributed by atoms with Gasteiger partial charge in [-0.05, 0) is 24.1 Å². The van der Waals surface area contributed by atoms with Gasteiger partial charge in [0.15, 0.2) is 0 Å². The summed E-state index contributed by atoms with van der Waals surface area (Å²) in [6, 6.07) is 8.67. The minimum atomic E-state index is -0.0951. The fourth-order valence-electron chi connectivity index (χ4n) is 2.86. The number of hydrogen-bond acceptors (Lipinski definition) is 3. The Morgan fingerprint density at radius 2 is 1.89 bits per heavy atom. The van der Waals surface area contributed by atoms with Crippen LogP contribution in [0.15, 0.2) is 24.3 Å². The second-order valence-corrected chi connectivity index (χ2v) is 5.78. The zero-order valence-corrected chi connectivity index (χ0v) is 12.2. The van der Waals surface area contributed by atoms with Crippen molar-refractivity contribution in [1.29, 1.82) is 0 Å². The van der Waals surface area contributed by atoms with Crippen LogP contribution in [0.3, 0.4) is 0 Å². The monoisotopic (exact) mass is 261 g/mol. The fourth-order valence-corrected chi connectivity index (χ4v) is 2.86. The number of hydrogen-bond donors (Lipinski definition) is 0. The normalized spacial score (nSPS) is 23.8. The van der Waals surface area contributed by atoms with Gasteiger partial charge in [0.25, 0.3) is 0 Å². The highest BCUT2D eigenvalue weighted by Gasteiger charge is 2.37. The van der Waals surface area contributed by atoms with Crippen molar-refractivity contribution in [3.8, 4) is 0 Å². The third kappa shape index (κ3) is 2.98. The lowest BCUT2D eigenvalue weighted by molar-refractivity contribution is -0.145. The van der Waals surface area contributed by atoms with Crippen LogP contribution in [-0.2, 0) is 9.53 Å². The third-order valence-corrected chi connectivity index (χ3v) is 4.04. The molecule has 3 heteroatoms. The van der Waals surface area contributed by atoms with E-state index >= 15 is 0 Å². The summed E-state index contributed by atoms with van der Waals surface area (Å²) in [6.45, 7) is 6.08. The molecular weight excluding hydrogens is 238 g/mol. The molecule has 104 valence electrons. The standard InChI is InChI=1S/C16H23NO2/c1-11(2)12-5-7-13(8-6-12)14-9-17(3)10-15(14)16(18)19-4/h5-8,11,14-15H,9-10H2,1-4H3. The number of esters is 1. The highest BCUT2D eigenvalue weighted by molar-refractivity contribution is 5.74. The van der Waals surface area contributed by atoms with Gasteiger partial charge in [-0.1, -0.05) is 38.1 Å². The number of methoxy groups -OCH3 is 1. The maximum Gasteiger partial charge on any atom is 0.310 e. The first-order chi connectivity index (χ1) is 9.02. The highest BCUT2D eigenvalue weighted by atomic mass is 16.5. The minimum absolute atomic E-state index is 0.0418. The molecule has 0 aromatic heterocycles. The molecule has 0 spiro atoms. The molecule has 1 aliphatic rings. The summed E-state index contributed by atoms with van der Waals surface area (Å²) >= 11 is 0. The van der Waals surface area contributed by atoms with Crippen molar-refractivity contribution in [2.24, 2.45) is 5.92 Å². The van der Waals surface area contributed by atoms with Gasteiger partial charge in [-0.25, -0.2) is 0 Å². The van der Waals surface area contributed by atoms with Crippen molar-refractivity contribution in [3.63, 3.8) is 0 Å². The topological polar surface area (TPSA) is 29.5 Å². The molecule has 0 bridgehead atoms. The number of likely N-dealkylation sites (N-methyl/N-ethyl adjacent to an activating group) is 1. The van der Waals surface area contributed by atoms with Crippen LogP contribution in [0.4, 0.5) is 0 Å². The Balaban J connectivity index is 2.21. The molecule has 1 saturated heterocycles. The Morgan fingerprint density at radius 3 is 2.42 bits per heavy atom. The van der Waals surface area contributed by atoms with Gasteiger partial charge in [0.05, 0.1) is 13.0 Å². The molecule has 1 fully saturated rings. The second-order valence-electron chi connectivity index (χ2n) is 5.78. The zero-order valence-electron chi connectivity index (χ0n) is 12.2. The van der Waals surface area contributed by atoms with Crippen molar-refractivity contribution in [1.82, 2.24) is 4.90 Å². The molecular formula is C16H23NO2. The molecule has 2 unspecified atom stereocenters. The molecule has 1 aliphatic heterocycles. The Morgan fingerprint density at radius 1 is 1.26 bits per heavy atom. The molecule has 0 amide bonds. The lowest BCUT2D eigenvalue weighted by Gasteiger charge is -2.17. The van der Waals surface area contributed by atoms with Crippen LogP contribution in [0.5, 0.6) is 0 Å². The summed E-state index contributed by atoms with van der Waals surface area (Å²) in [5.41, 5.74) is 2.58. The van der Waals surface area contributed by atoms with Gasteiger partial charge in [0.2, 0.25) is 0 Å². The van der Waals surface area contributed by atoms with Crippen LogP contribution in [0, 0.1) is 5.92 Å². The van der Waals surface area contributed by atoms with Crippen LogP contribution in [0.25, 0.3) is 0 Å². The summed E-state index contributed by atoms with van der Waals surface area (Å²) in [6.07, 6.45) is 0. The summed E-state index contributed by atoms with van der Waals surface area (Å²) in [4.78, 5) is 14.1. The first-order valence-corrected chi connectivity index (χ1v) is 6.89. The van der Waals surface area contributed by atoms with Crippen molar-refractivity contribution in [3.05, 3.63) is 35.4 Å². The maximum atomic E-state index is 11.9. The third-order valence-electron chi connectivity index (χ3n) is 4.04. The van der Waals surface area contributed by atoms with Crippen LogP contribution in [0.1, 0.15) is 36.8 Å². The lowest BCUT2D eigenvalue weighted by Crippen LogP contribution is -2.23. The molecule has 1 aromatic carbocycles. The predicted octanol–water partition coefficient (Wildman–Crippen LogP) is 2.63.